The number of rotatable bonds is 5. The third-order valence-electron chi connectivity index (χ3n) is 5.12. The first kappa shape index (κ1) is 16.5. The zero-order valence-corrected chi connectivity index (χ0v) is 15.5. The lowest BCUT2D eigenvalue weighted by atomic mass is 9.96. The normalized spacial score (nSPS) is 15.0. The van der Waals surface area contributed by atoms with Crippen LogP contribution in [0.3, 0.4) is 0 Å². The van der Waals surface area contributed by atoms with Gasteiger partial charge in [0, 0.05) is 28.7 Å². The molecule has 28 heavy (non-hydrogen) atoms. The van der Waals surface area contributed by atoms with Crippen molar-refractivity contribution in [2.75, 3.05) is 10.6 Å². The number of fused-ring (bicyclic) bond motifs is 2. The predicted octanol–water partition coefficient (Wildman–Crippen LogP) is 5.36. The summed E-state index contributed by atoms with van der Waals surface area (Å²) in [5.41, 5.74) is 5.61. The Bertz CT molecular complexity index is 1180. The molecule has 0 spiro atoms. The van der Waals surface area contributed by atoms with Crippen LogP contribution in [0.1, 0.15) is 30.4 Å². The number of aromatic amines is 1. The highest BCUT2D eigenvalue weighted by Crippen LogP contribution is 2.38. The third-order valence-corrected chi connectivity index (χ3v) is 5.12. The number of aromatic nitrogens is 4. The van der Waals surface area contributed by atoms with E-state index in [-0.39, 0.29) is 0 Å². The second-order valence-corrected chi connectivity index (χ2v) is 6.81. The maximum atomic E-state index is 4.56. The Kier molecular flexibility index (Phi) is 4.01. The molecule has 1 atom stereocenters. The third kappa shape index (κ3) is 2.89. The van der Waals surface area contributed by atoms with Gasteiger partial charge in [-0.05, 0) is 41.8 Å². The van der Waals surface area contributed by atoms with E-state index in [1.54, 1.807) is 0 Å². The topological polar surface area (TPSA) is 78.5 Å². The number of anilines is 4. The molecule has 0 aliphatic heterocycles. The van der Waals surface area contributed by atoms with E-state index >= 15 is 0 Å². The zero-order valence-electron chi connectivity index (χ0n) is 15.5. The fourth-order valence-corrected chi connectivity index (χ4v) is 3.76. The smallest absolute Gasteiger partial charge is 0.232 e. The molecule has 0 saturated heterocycles. The van der Waals surface area contributed by atoms with Crippen molar-refractivity contribution in [2.24, 2.45) is 0 Å². The summed E-state index contributed by atoms with van der Waals surface area (Å²) >= 11 is 0. The van der Waals surface area contributed by atoms with Crippen LogP contribution in [0.2, 0.25) is 0 Å². The van der Waals surface area contributed by atoms with Crippen LogP contribution in [0.15, 0.2) is 61.1 Å². The average Bonchev–Trinajstić information content (AvgIpc) is 3.36. The Morgan fingerprint density at radius 2 is 1.75 bits per heavy atom. The Balaban J connectivity index is 1.43. The minimum absolute atomic E-state index is 0.421. The lowest BCUT2D eigenvalue weighted by Crippen LogP contribution is -2.05. The second kappa shape index (κ2) is 6.81. The largest absolute Gasteiger partial charge is 0.361 e. The molecule has 1 aliphatic carbocycles. The van der Waals surface area contributed by atoms with Crippen LogP contribution in [-0.2, 0) is 0 Å². The van der Waals surface area contributed by atoms with Crippen molar-refractivity contribution in [3.8, 4) is 0 Å². The number of nitrogens with zero attached hydrogens (tertiary/aromatic N) is 3. The zero-order chi connectivity index (χ0) is 18.9. The van der Waals surface area contributed by atoms with Gasteiger partial charge >= 0.3 is 0 Å². The van der Waals surface area contributed by atoms with E-state index in [9.17, 15) is 0 Å². The van der Waals surface area contributed by atoms with Gasteiger partial charge in [-0.1, -0.05) is 37.3 Å². The first-order chi connectivity index (χ1) is 13.8. The van der Waals surface area contributed by atoms with E-state index in [0.29, 0.717) is 17.8 Å². The summed E-state index contributed by atoms with van der Waals surface area (Å²) in [4.78, 5) is 16.3. The summed E-state index contributed by atoms with van der Waals surface area (Å²) in [6.07, 6.45) is 8.95. The molecule has 0 saturated carbocycles. The van der Waals surface area contributed by atoms with E-state index in [1.807, 2.05) is 30.5 Å². The lowest BCUT2D eigenvalue weighted by Gasteiger charge is -2.15. The molecule has 1 unspecified atom stereocenters. The van der Waals surface area contributed by atoms with Gasteiger partial charge in [0.25, 0.3) is 0 Å². The highest BCUT2D eigenvalue weighted by molar-refractivity contribution is 5.93. The van der Waals surface area contributed by atoms with E-state index in [0.717, 1.165) is 28.7 Å². The molecule has 2 heterocycles. The monoisotopic (exact) mass is 368 g/mol. The summed E-state index contributed by atoms with van der Waals surface area (Å²) in [5, 5.41) is 7.77. The van der Waals surface area contributed by atoms with Crippen molar-refractivity contribution in [3.63, 3.8) is 0 Å². The number of benzene rings is 2. The van der Waals surface area contributed by atoms with E-state index in [4.69, 9.17) is 0 Å². The number of hydrogen-bond donors (Lipinski definition) is 3. The van der Waals surface area contributed by atoms with Crippen LogP contribution in [-0.4, -0.2) is 19.9 Å². The maximum absolute atomic E-state index is 4.56. The minimum atomic E-state index is 0.421. The Hall–Kier alpha value is -3.67. The van der Waals surface area contributed by atoms with Crippen LogP contribution in [0.5, 0.6) is 0 Å². The van der Waals surface area contributed by atoms with Gasteiger partial charge < -0.3 is 15.6 Å². The molecule has 1 aliphatic rings. The Labute approximate surface area is 162 Å². The highest BCUT2D eigenvalue weighted by Gasteiger charge is 2.19. The van der Waals surface area contributed by atoms with E-state index < -0.39 is 0 Å². The van der Waals surface area contributed by atoms with Gasteiger partial charge in [-0.15, -0.1) is 0 Å². The molecular weight excluding hydrogens is 348 g/mol. The molecular formula is C22H20N6. The SMILES string of the molecule is CCC1C=Cc2cccc(Nc3ncnc(Nc4cccc5[nH]ccc45)n3)c21. The highest BCUT2D eigenvalue weighted by atomic mass is 15.2. The van der Waals surface area contributed by atoms with E-state index in [2.05, 4.69) is 67.8 Å². The number of nitrogens with one attached hydrogen (secondary N) is 3. The van der Waals surface area contributed by atoms with Crippen molar-refractivity contribution in [1.29, 1.82) is 0 Å². The molecule has 0 radical (unpaired) electrons. The van der Waals surface area contributed by atoms with Gasteiger partial charge in [0.15, 0.2) is 0 Å². The molecule has 2 aromatic heterocycles. The summed E-state index contributed by atoms with van der Waals surface area (Å²) < 4.78 is 0. The number of allylic oxidation sites excluding steroid dienone is 1. The summed E-state index contributed by atoms with van der Waals surface area (Å²) in [5.74, 6) is 1.45. The first-order valence-corrected chi connectivity index (χ1v) is 9.42. The van der Waals surface area contributed by atoms with Crippen LogP contribution in [0.4, 0.5) is 23.3 Å². The van der Waals surface area contributed by atoms with Gasteiger partial charge in [0.05, 0.1) is 5.69 Å². The molecule has 4 aromatic rings. The van der Waals surface area contributed by atoms with Crippen molar-refractivity contribution in [2.45, 2.75) is 19.3 Å². The average molecular weight is 368 g/mol. The summed E-state index contributed by atoms with van der Waals surface area (Å²) in [7, 11) is 0. The molecule has 5 rings (SSSR count). The molecule has 0 bridgehead atoms. The molecule has 138 valence electrons. The van der Waals surface area contributed by atoms with E-state index in [1.165, 1.54) is 17.5 Å². The van der Waals surface area contributed by atoms with Crippen molar-refractivity contribution in [1.82, 2.24) is 19.9 Å². The quantitative estimate of drug-likeness (QED) is 0.442. The molecule has 6 heteroatoms. The fourth-order valence-electron chi connectivity index (χ4n) is 3.76. The molecule has 0 fully saturated rings. The summed E-state index contributed by atoms with van der Waals surface area (Å²) in [6.45, 7) is 2.20. The van der Waals surface area contributed by atoms with Gasteiger partial charge in [0.2, 0.25) is 11.9 Å². The predicted molar refractivity (Wildman–Crippen MR) is 113 cm³/mol. The summed E-state index contributed by atoms with van der Waals surface area (Å²) in [6, 6.07) is 14.3. The van der Waals surface area contributed by atoms with Gasteiger partial charge in [-0.3, -0.25) is 0 Å². The Morgan fingerprint density at radius 1 is 0.964 bits per heavy atom. The minimum Gasteiger partial charge on any atom is -0.361 e. The van der Waals surface area contributed by atoms with Gasteiger partial charge in [-0.25, -0.2) is 9.97 Å². The van der Waals surface area contributed by atoms with Gasteiger partial charge in [-0.2, -0.15) is 4.98 Å². The van der Waals surface area contributed by atoms with Crippen molar-refractivity contribution >= 4 is 40.3 Å². The Morgan fingerprint density at radius 3 is 2.61 bits per heavy atom. The second-order valence-electron chi connectivity index (χ2n) is 6.81. The van der Waals surface area contributed by atoms with Crippen molar-refractivity contribution in [3.05, 3.63) is 72.2 Å². The van der Waals surface area contributed by atoms with Gasteiger partial charge in [0.1, 0.15) is 6.33 Å². The maximum Gasteiger partial charge on any atom is 0.232 e. The van der Waals surface area contributed by atoms with Crippen LogP contribution >= 0.6 is 0 Å². The molecule has 0 amide bonds. The van der Waals surface area contributed by atoms with Crippen LogP contribution in [0.25, 0.3) is 17.0 Å². The van der Waals surface area contributed by atoms with Crippen LogP contribution < -0.4 is 10.6 Å². The van der Waals surface area contributed by atoms with Crippen molar-refractivity contribution < 1.29 is 0 Å². The molecule has 2 aromatic carbocycles. The first-order valence-electron chi connectivity index (χ1n) is 9.42. The molecule has 3 N–H and O–H groups in total. The lowest BCUT2D eigenvalue weighted by molar-refractivity contribution is 0.820. The standard InChI is InChI=1S/C22H20N6/c1-2-14-9-10-15-5-3-8-19(20(14)15)27-22-25-13-24-21(28-22)26-18-7-4-6-17-16(18)11-12-23-17/h3-14,23H,2H2,1H3,(H2,24,25,26,27,28). The molecule has 6 nitrogen and oxygen atoms in total. The number of hydrogen-bond acceptors (Lipinski definition) is 5. The van der Waals surface area contributed by atoms with Crippen LogP contribution in [0, 0.1) is 0 Å². The number of H-pyrrole nitrogens is 1. The fraction of sp³-hybridized carbons (Fsp3) is 0.136.